The number of hydrogen-bond donors (Lipinski definition) is 2. The van der Waals surface area contributed by atoms with Gasteiger partial charge < -0.3 is 15.8 Å². The lowest BCUT2D eigenvalue weighted by Gasteiger charge is -2.06. The minimum absolute atomic E-state index is 0.104. The van der Waals surface area contributed by atoms with Crippen molar-refractivity contribution >= 4 is 23.2 Å². The van der Waals surface area contributed by atoms with Crippen LogP contribution in [0.4, 0.5) is 11.6 Å². The van der Waals surface area contributed by atoms with Gasteiger partial charge in [0.05, 0.1) is 12.8 Å². The molecule has 0 unspecified atom stereocenters. The first-order chi connectivity index (χ1) is 13.5. The van der Waals surface area contributed by atoms with Gasteiger partial charge in [-0.25, -0.2) is 4.52 Å². The number of rotatable bonds is 5. The molecule has 0 saturated carbocycles. The highest BCUT2D eigenvalue weighted by atomic mass is 16.5. The predicted octanol–water partition coefficient (Wildman–Crippen LogP) is 2.13. The average molecular weight is 377 g/mol. The lowest BCUT2D eigenvalue weighted by molar-refractivity contribution is -0.116. The Morgan fingerprint density at radius 1 is 1.21 bits per heavy atom. The smallest absolute Gasteiger partial charge is 0.246 e. The second-order valence-corrected chi connectivity index (χ2v) is 6.29. The van der Waals surface area contributed by atoms with Crippen molar-refractivity contribution in [1.29, 1.82) is 0 Å². The number of aromatic nitrogens is 5. The highest BCUT2D eigenvalue weighted by Crippen LogP contribution is 2.23. The summed E-state index contributed by atoms with van der Waals surface area (Å²) in [7, 11) is 1.60. The van der Waals surface area contributed by atoms with Crippen molar-refractivity contribution in [3.8, 4) is 16.9 Å². The maximum atomic E-state index is 12.3. The van der Waals surface area contributed by atoms with Crippen molar-refractivity contribution in [3.63, 3.8) is 0 Å². The molecule has 9 heteroatoms. The number of carbonyl (C=O) groups excluding carboxylic acids is 1. The molecule has 0 aliphatic carbocycles. The van der Waals surface area contributed by atoms with Crippen LogP contribution in [-0.4, -0.2) is 37.4 Å². The van der Waals surface area contributed by atoms with Gasteiger partial charge >= 0.3 is 0 Å². The molecular formula is C19H19N7O2. The van der Waals surface area contributed by atoms with E-state index < -0.39 is 0 Å². The highest BCUT2D eigenvalue weighted by molar-refractivity contribution is 5.90. The average Bonchev–Trinajstić information content (AvgIpc) is 3.22. The van der Waals surface area contributed by atoms with E-state index in [2.05, 4.69) is 20.5 Å². The maximum Gasteiger partial charge on any atom is 0.246 e. The summed E-state index contributed by atoms with van der Waals surface area (Å²) >= 11 is 0. The Morgan fingerprint density at radius 3 is 2.75 bits per heavy atom. The van der Waals surface area contributed by atoms with Gasteiger partial charge in [-0.2, -0.15) is 10.1 Å². The number of benzene rings is 1. The van der Waals surface area contributed by atoms with Gasteiger partial charge in [0.15, 0.2) is 5.65 Å². The molecule has 1 amide bonds. The molecule has 0 spiro atoms. The third kappa shape index (κ3) is 3.50. The van der Waals surface area contributed by atoms with E-state index in [0.717, 1.165) is 22.6 Å². The number of ether oxygens (including phenoxy) is 1. The van der Waals surface area contributed by atoms with E-state index in [1.165, 1.54) is 0 Å². The molecule has 4 aromatic rings. The third-order valence-corrected chi connectivity index (χ3v) is 4.29. The largest absolute Gasteiger partial charge is 0.497 e. The van der Waals surface area contributed by atoms with Crippen LogP contribution in [0.5, 0.6) is 5.75 Å². The minimum atomic E-state index is -0.167. The fourth-order valence-corrected chi connectivity index (χ4v) is 2.97. The fourth-order valence-electron chi connectivity index (χ4n) is 2.97. The summed E-state index contributed by atoms with van der Waals surface area (Å²) in [4.78, 5) is 16.5. The van der Waals surface area contributed by atoms with Crippen LogP contribution in [0.3, 0.4) is 0 Å². The molecule has 0 aliphatic heterocycles. The van der Waals surface area contributed by atoms with Gasteiger partial charge in [0.25, 0.3) is 0 Å². The molecule has 0 saturated heterocycles. The Balaban J connectivity index is 1.50. The van der Waals surface area contributed by atoms with Gasteiger partial charge in [-0.05, 0) is 48.9 Å². The number of carbonyl (C=O) groups is 1. The summed E-state index contributed by atoms with van der Waals surface area (Å²) in [5.41, 5.74) is 9.65. The molecule has 0 atom stereocenters. The second kappa shape index (κ2) is 7.03. The zero-order valence-corrected chi connectivity index (χ0v) is 15.5. The molecule has 28 heavy (non-hydrogen) atoms. The quantitative estimate of drug-likeness (QED) is 0.551. The summed E-state index contributed by atoms with van der Waals surface area (Å²) in [6.45, 7) is 2.00. The number of methoxy groups -OCH3 is 1. The van der Waals surface area contributed by atoms with E-state index in [9.17, 15) is 4.79 Å². The SMILES string of the molecule is COc1ccc(NC(=O)Cn2cc(-c3ccn4nc(N)nc4c3)c(C)n2)cc1. The van der Waals surface area contributed by atoms with Gasteiger partial charge in [0, 0.05) is 23.6 Å². The first-order valence-electron chi connectivity index (χ1n) is 8.62. The second-order valence-electron chi connectivity index (χ2n) is 6.29. The van der Waals surface area contributed by atoms with Gasteiger partial charge in [0.2, 0.25) is 11.9 Å². The van der Waals surface area contributed by atoms with E-state index in [1.54, 1.807) is 46.8 Å². The van der Waals surface area contributed by atoms with Crippen LogP contribution in [0.15, 0.2) is 48.8 Å². The third-order valence-electron chi connectivity index (χ3n) is 4.29. The number of pyridine rings is 1. The molecule has 3 heterocycles. The Hall–Kier alpha value is -3.88. The van der Waals surface area contributed by atoms with Crippen LogP contribution >= 0.6 is 0 Å². The number of nitrogens with one attached hydrogen (secondary N) is 1. The Kier molecular flexibility index (Phi) is 4.40. The van der Waals surface area contributed by atoms with E-state index in [4.69, 9.17) is 10.5 Å². The number of anilines is 2. The zero-order chi connectivity index (χ0) is 19.7. The topological polar surface area (TPSA) is 112 Å². The standard InChI is InChI=1S/C19H19N7O2/c1-12-16(13-7-8-26-17(9-13)22-19(20)24-26)10-25(23-12)11-18(27)21-14-3-5-15(28-2)6-4-14/h3-10H,11H2,1-2H3,(H2,20,24)(H,21,27). The van der Waals surface area contributed by atoms with Crippen LogP contribution in [-0.2, 0) is 11.3 Å². The molecule has 0 aliphatic rings. The monoisotopic (exact) mass is 377 g/mol. The summed E-state index contributed by atoms with van der Waals surface area (Å²) < 4.78 is 8.34. The van der Waals surface area contributed by atoms with Crippen molar-refractivity contribution in [2.24, 2.45) is 0 Å². The van der Waals surface area contributed by atoms with E-state index in [0.29, 0.717) is 11.3 Å². The fraction of sp³-hybridized carbons (Fsp3) is 0.158. The van der Waals surface area contributed by atoms with Crippen LogP contribution in [0.2, 0.25) is 0 Å². The molecule has 142 valence electrons. The molecular weight excluding hydrogens is 358 g/mol. The summed E-state index contributed by atoms with van der Waals surface area (Å²) in [6, 6.07) is 11.0. The van der Waals surface area contributed by atoms with Gasteiger partial charge in [-0.3, -0.25) is 9.48 Å². The Bertz CT molecular complexity index is 1150. The van der Waals surface area contributed by atoms with Crippen molar-refractivity contribution in [1.82, 2.24) is 24.4 Å². The van der Waals surface area contributed by atoms with Crippen LogP contribution in [0.25, 0.3) is 16.8 Å². The Morgan fingerprint density at radius 2 is 2.00 bits per heavy atom. The number of nitrogen functional groups attached to an aromatic ring is 1. The number of amides is 1. The van der Waals surface area contributed by atoms with Crippen molar-refractivity contribution in [2.45, 2.75) is 13.5 Å². The van der Waals surface area contributed by atoms with E-state index in [-0.39, 0.29) is 18.4 Å². The van der Waals surface area contributed by atoms with E-state index in [1.807, 2.05) is 25.3 Å². The minimum Gasteiger partial charge on any atom is -0.497 e. The number of fused-ring (bicyclic) bond motifs is 1. The summed E-state index contributed by atoms with van der Waals surface area (Å²) in [6.07, 6.45) is 3.63. The lowest BCUT2D eigenvalue weighted by atomic mass is 10.1. The van der Waals surface area contributed by atoms with Gasteiger partial charge in [-0.1, -0.05) is 0 Å². The molecule has 1 aromatic carbocycles. The first kappa shape index (κ1) is 17.5. The predicted molar refractivity (Wildman–Crippen MR) is 105 cm³/mol. The van der Waals surface area contributed by atoms with Crippen molar-refractivity contribution in [3.05, 3.63) is 54.5 Å². The zero-order valence-electron chi connectivity index (χ0n) is 15.5. The summed E-state index contributed by atoms with van der Waals surface area (Å²) in [5.74, 6) is 0.788. The van der Waals surface area contributed by atoms with Crippen LogP contribution in [0.1, 0.15) is 5.69 Å². The number of nitrogens with zero attached hydrogens (tertiary/aromatic N) is 5. The molecule has 3 N–H and O–H groups in total. The first-order valence-corrected chi connectivity index (χ1v) is 8.62. The van der Waals surface area contributed by atoms with Gasteiger partial charge in [0.1, 0.15) is 12.3 Å². The summed E-state index contributed by atoms with van der Waals surface area (Å²) in [5, 5.41) is 11.4. The maximum absolute atomic E-state index is 12.3. The van der Waals surface area contributed by atoms with E-state index >= 15 is 0 Å². The van der Waals surface area contributed by atoms with Crippen LogP contribution < -0.4 is 15.8 Å². The van der Waals surface area contributed by atoms with Crippen molar-refractivity contribution < 1.29 is 9.53 Å². The number of aryl methyl sites for hydroxylation is 1. The molecule has 9 nitrogen and oxygen atoms in total. The molecule has 0 radical (unpaired) electrons. The molecule has 3 aromatic heterocycles. The van der Waals surface area contributed by atoms with Crippen LogP contribution in [0, 0.1) is 6.92 Å². The normalized spacial score (nSPS) is 10.9. The number of hydrogen-bond acceptors (Lipinski definition) is 6. The van der Waals surface area contributed by atoms with Crippen molar-refractivity contribution in [2.75, 3.05) is 18.2 Å². The molecule has 0 bridgehead atoms. The molecule has 0 fully saturated rings. The lowest BCUT2D eigenvalue weighted by Crippen LogP contribution is -2.19. The highest BCUT2D eigenvalue weighted by Gasteiger charge is 2.12. The van der Waals surface area contributed by atoms with Gasteiger partial charge in [-0.15, -0.1) is 5.10 Å². The number of nitrogens with two attached hydrogens (primary N) is 1. The molecule has 4 rings (SSSR count). The Labute approximate surface area is 160 Å².